The highest BCUT2D eigenvalue weighted by molar-refractivity contribution is 7.81. The van der Waals surface area contributed by atoms with E-state index in [0.717, 1.165) is 18.4 Å². The average molecular weight is 220 g/mol. The molecular weight excluding hydrogens is 204 g/mol. The van der Waals surface area contributed by atoms with Gasteiger partial charge in [-0.15, -0.1) is 0 Å². The predicted octanol–water partition coefficient (Wildman–Crippen LogP) is 3.34. The second-order valence-electron chi connectivity index (χ2n) is 4.34. The van der Waals surface area contributed by atoms with Crippen LogP contribution in [0.4, 0.5) is 0 Å². The Labute approximate surface area is 96.3 Å². The fraction of sp³-hybridized carbons (Fsp3) is 0.462. The summed E-state index contributed by atoms with van der Waals surface area (Å²) in [5.74, 6) is 0.572. The molecule has 1 aliphatic carbocycles. The highest BCUT2D eigenvalue weighted by Crippen LogP contribution is 2.34. The number of carbonyl (C=O) groups is 1. The van der Waals surface area contributed by atoms with Crippen molar-refractivity contribution in [3.63, 3.8) is 0 Å². The summed E-state index contributed by atoms with van der Waals surface area (Å²) >= 11 is 4.43. The quantitative estimate of drug-likeness (QED) is 0.773. The van der Waals surface area contributed by atoms with Gasteiger partial charge in [-0.3, -0.25) is 4.79 Å². The van der Waals surface area contributed by atoms with Crippen molar-refractivity contribution < 1.29 is 4.79 Å². The van der Waals surface area contributed by atoms with Gasteiger partial charge < -0.3 is 0 Å². The molecule has 0 radical (unpaired) electrons. The molecule has 1 atom stereocenters. The third-order valence-electron chi connectivity index (χ3n) is 3.17. The highest BCUT2D eigenvalue weighted by Gasteiger charge is 2.29. The van der Waals surface area contributed by atoms with Gasteiger partial charge in [0.05, 0.1) is 5.25 Å². The topological polar surface area (TPSA) is 17.1 Å². The van der Waals surface area contributed by atoms with Crippen LogP contribution in [0.5, 0.6) is 0 Å². The number of rotatable bonds is 3. The summed E-state index contributed by atoms with van der Waals surface area (Å²) in [6, 6.07) is 8.08. The lowest BCUT2D eigenvalue weighted by molar-refractivity contribution is -0.124. The van der Waals surface area contributed by atoms with Gasteiger partial charge in [0.2, 0.25) is 0 Å². The van der Waals surface area contributed by atoms with Crippen LogP contribution in [0.25, 0.3) is 0 Å². The Balaban J connectivity index is 2.09. The first-order valence-electron chi connectivity index (χ1n) is 5.47. The van der Waals surface area contributed by atoms with Gasteiger partial charge in [-0.2, -0.15) is 12.6 Å². The van der Waals surface area contributed by atoms with Gasteiger partial charge in [0.25, 0.3) is 0 Å². The molecule has 0 aromatic heterocycles. The number of hydrogen-bond donors (Lipinski definition) is 1. The lowest BCUT2D eigenvalue weighted by Gasteiger charge is -2.26. The Bertz CT molecular complexity index is 351. The predicted molar refractivity (Wildman–Crippen MR) is 65.3 cm³/mol. The van der Waals surface area contributed by atoms with Crippen LogP contribution in [0, 0.1) is 12.8 Å². The van der Waals surface area contributed by atoms with Crippen LogP contribution in [0.2, 0.25) is 0 Å². The molecule has 1 fully saturated rings. The van der Waals surface area contributed by atoms with E-state index in [4.69, 9.17) is 0 Å². The van der Waals surface area contributed by atoms with Crippen molar-refractivity contribution in [2.24, 2.45) is 5.92 Å². The van der Waals surface area contributed by atoms with E-state index in [9.17, 15) is 4.79 Å². The van der Waals surface area contributed by atoms with Crippen LogP contribution >= 0.6 is 12.6 Å². The minimum atomic E-state index is -0.226. The van der Waals surface area contributed by atoms with Crippen molar-refractivity contribution >= 4 is 18.4 Å². The molecule has 15 heavy (non-hydrogen) atoms. The maximum absolute atomic E-state index is 11.9. The summed E-state index contributed by atoms with van der Waals surface area (Å²) in [4.78, 5) is 11.9. The molecule has 0 aliphatic heterocycles. The second-order valence-corrected chi connectivity index (χ2v) is 4.86. The van der Waals surface area contributed by atoms with Gasteiger partial charge in [-0.1, -0.05) is 36.2 Å². The van der Waals surface area contributed by atoms with Crippen molar-refractivity contribution in [1.29, 1.82) is 0 Å². The Morgan fingerprint density at radius 2 is 1.93 bits per heavy atom. The zero-order valence-corrected chi connectivity index (χ0v) is 9.84. The Morgan fingerprint density at radius 3 is 2.40 bits per heavy atom. The standard InChI is InChI=1S/C13H16OS/c1-9-5-7-11(8-6-9)13(15)12(14)10-3-2-4-10/h5-8,10,13,15H,2-4H2,1H3. The third kappa shape index (κ3) is 2.25. The molecule has 0 bridgehead atoms. The number of aryl methyl sites for hydroxylation is 1. The van der Waals surface area contributed by atoms with Gasteiger partial charge in [0.15, 0.2) is 5.78 Å². The first-order valence-corrected chi connectivity index (χ1v) is 5.98. The Morgan fingerprint density at radius 1 is 1.33 bits per heavy atom. The summed E-state index contributed by atoms with van der Waals surface area (Å²) in [5.41, 5.74) is 2.25. The normalized spacial score (nSPS) is 18.3. The number of Topliss-reactive ketones (excluding diaryl/α,β-unsaturated/α-hetero) is 1. The van der Waals surface area contributed by atoms with E-state index in [1.54, 1.807) is 0 Å². The molecular formula is C13H16OS. The molecule has 1 nitrogen and oxygen atoms in total. The van der Waals surface area contributed by atoms with E-state index in [0.29, 0.717) is 5.78 Å². The molecule has 1 aromatic rings. The van der Waals surface area contributed by atoms with Crippen LogP contribution in [-0.2, 0) is 4.79 Å². The smallest absolute Gasteiger partial charge is 0.153 e. The van der Waals surface area contributed by atoms with Gasteiger partial charge >= 0.3 is 0 Å². The molecule has 0 amide bonds. The summed E-state index contributed by atoms with van der Waals surface area (Å²) < 4.78 is 0. The zero-order valence-electron chi connectivity index (χ0n) is 8.94. The monoisotopic (exact) mass is 220 g/mol. The fourth-order valence-electron chi connectivity index (χ4n) is 1.83. The van der Waals surface area contributed by atoms with Crippen molar-refractivity contribution in [2.75, 3.05) is 0 Å². The SMILES string of the molecule is Cc1ccc(C(S)C(=O)C2CCC2)cc1. The van der Waals surface area contributed by atoms with E-state index in [-0.39, 0.29) is 11.2 Å². The van der Waals surface area contributed by atoms with E-state index in [1.807, 2.05) is 31.2 Å². The summed E-state index contributed by atoms with van der Waals surface area (Å²) in [5, 5.41) is -0.226. The van der Waals surface area contributed by atoms with E-state index in [2.05, 4.69) is 12.6 Å². The lowest BCUT2D eigenvalue weighted by atomic mass is 9.80. The van der Waals surface area contributed by atoms with E-state index in [1.165, 1.54) is 12.0 Å². The number of hydrogen-bond acceptors (Lipinski definition) is 2. The summed E-state index contributed by atoms with van der Waals surface area (Å²) in [7, 11) is 0. The largest absolute Gasteiger partial charge is 0.298 e. The number of thiol groups is 1. The molecule has 1 aromatic carbocycles. The van der Waals surface area contributed by atoms with Gasteiger partial charge in [0.1, 0.15) is 0 Å². The van der Waals surface area contributed by atoms with Crippen LogP contribution in [0.3, 0.4) is 0 Å². The van der Waals surface area contributed by atoms with Crippen molar-refractivity contribution in [3.8, 4) is 0 Å². The zero-order chi connectivity index (χ0) is 10.8. The number of benzene rings is 1. The van der Waals surface area contributed by atoms with Crippen molar-refractivity contribution in [2.45, 2.75) is 31.4 Å². The summed E-state index contributed by atoms with van der Waals surface area (Å²) in [6.07, 6.45) is 3.31. The van der Waals surface area contributed by atoms with E-state index >= 15 is 0 Å². The molecule has 1 saturated carbocycles. The minimum absolute atomic E-state index is 0.226. The third-order valence-corrected chi connectivity index (χ3v) is 3.72. The lowest BCUT2D eigenvalue weighted by Crippen LogP contribution is -2.25. The van der Waals surface area contributed by atoms with Gasteiger partial charge in [-0.25, -0.2) is 0 Å². The highest BCUT2D eigenvalue weighted by atomic mass is 32.1. The molecule has 2 rings (SSSR count). The van der Waals surface area contributed by atoms with Crippen LogP contribution in [-0.4, -0.2) is 5.78 Å². The number of carbonyl (C=O) groups excluding carboxylic acids is 1. The molecule has 2 heteroatoms. The van der Waals surface area contributed by atoms with E-state index < -0.39 is 0 Å². The maximum atomic E-state index is 11.9. The Kier molecular flexibility index (Phi) is 3.15. The molecule has 80 valence electrons. The molecule has 0 N–H and O–H groups in total. The van der Waals surface area contributed by atoms with Crippen molar-refractivity contribution in [3.05, 3.63) is 35.4 Å². The second kappa shape index (κ2) is 4.40. The first kappa shape index (κ1) is 10.7. The fourth-order valence-corrected chi connectivity index (χ4v) is 2.21. The molecule has 0 spiro atoms. The average Bonchev–Trinajstić information content (AvgIpc) is 2.15. The molecule has 0 heterocycles. The maximum Gasteiger partial charge on any atom is 0.153 e. The minimum Gasteiger partial charge on any atom is -0.298 e. The molecule has 1 unspecified atom stereocenters. The summed E-state index contributed by atoms with van der Waals surface area (Å²) in [6.45, 7) is 2.05. The number of ketones is 1. The van der Waals surface area contributed by atoms with Crippen LogP contribution < -0.4 is 0 Å². The molecule has 0 saturated heterocycles. The first-order chi connectivity index (χ1) is 7.18. The van der Waals surface area contributed by atoms with Crippen LogP contribution in [0.15, 0.2) is 24.3 Å². The van der Waals surface area contributed by atoms with Crippen molar-refractivity contribution in [1.82, 2.24) is 0 Å². The van der Waals surface area contributed by atoms with Gasteiger partial charge in [0, 0.05) is 5.92 Å². The Hall–Kier alpha value is -0.760. The van der Waals surface area contributed by atoms with Gasteiger partial charge in [-0.05, 0) is 25.3 Å². The van der Waals surface area contributed by atoms with Crippen LogP contribution in [0.1, 0.15) is 35.6 Å². The molecule has 1 aliphatic rings.